The molecular weight excluding hydrogens is 392 g/mol. The third kappa shape index (κ3) is 5.45. The minimum Gasteiger partial charge on any atom is -0.383 e. The summed E-state index contributed by atoms with van der Waals surface area (Å²) in [4.78, 5) is 29.3. The SMILES string of the molecule is O=C(NC1CN[C@H](C(=O)Nc2cnc3ccccc3c2)C1)[C@H](O)CCc1ccccc1. The lowest BCUT2D eigenvalue weighted by atomic mass is 10.1. The van der Waals surface area contributed by atoms with Crippen LogP contribution in [0.15, 0.2) is 66.9 Å². The summed E-state index contributed by atoms with van der Waals surface area (Å²) in [6, 6.07) is 18.7. The largest absolute Gasteiger partial charge is 0.383 e. The number of aromatic nitrogens is 1. The van der Waals surface area contributed by atoms with Crippen LogP contribution in [0.2, 0.25) is 0 Å². The maximum atomic E-state index is 12.6. The Morgan fingerprint density at radius 3 is 2.74 bits per heavy atom. The van der Waals surface area contributed by atoms with E-state index in [1.165, 1.54) is 0 Å². The van der Waals surface area contributed by atoms with Gasteiger partial charge in [-0.3, -0.25) is 14.6 Å². The minimum atomic E-state index is -1.07. The number of hydrogen-bond donors (Lipinski definition) is 4. The second-order valence-corrected chi connectivity index (χ2v) is 7.85. The molecule has 3 aromatic rings. The van der Waals surface area contributed by atoms with Gasteiger partial charge in [0.05, 0.1) is 23.4 Å². The molecule has 4 rings (SSSR count). The van der Waals surface area contributed by atoms with Crippen LogP contribution in [0.25, 0.3) is 10.9 Å². The zero-order chi connectivity index (χ0) is 21.6. The predicted molar refractivity (Wildman–Crippen MR) is 119 cm³/mol. The molecule has 0 spiro atoms. The summed E-state index contributed by atoms with van der Waals surface area (Å²) >= 11 is 0. The fraction of sp³-hybridized carbons (Fsp3) is 0.292. The summed E-state index contributed by atoms with van der Waals surface area (Å²) in [5.41, 5.74) is 2.58. The number of aryl methyl sites for hydroxylation is 1. The van der Waals surface area contributed by atoms with Gasteiger partial charge in [-0.25, -0.2) is 0 Å². The Balaban J connectivity index is 1.25. The summed E-state index contributed by atoms with van der Waals surface area (Å²) in [5.74, 6) is -0.569. The van der Waals surface area contributed by atoms with E-state index in [2.05, 4.69) is 20.9 Å². The number of benzene rings is 2. The number of para-hydroxylation sites is 1. The van der Waals surface area contributed by atoms with Crippen LogP contribution in [0.5, 0.6) is 0 Å². The Morgan fingerprint density at radius 1 is 1.13 bits per heavy atom. The lowest BCUT2D eigenvalue weighted by Crippen LogP contribution is -2.42. The highest BCUT2D eigenvalue weighted by atomic mass is 16.3. The first-order valence-corrected chi connectivity index (χ1v) is 10.5. The topological polar surface area (TPSA) is 103 Å². The predicted octanol–water partition coefficient (Wildman–Crippen LogP) is 2.01. The third-order valence-corrected chi connectivity index (χ3v) is 5.50. The fourth-order valence-electron chi connectivity index (χ4n) is 3.79. The standard InChI is InChI=1S/C24H26N4O3/c29-22(11-10-16-6-2-1-3-7-16)24(31)28-19-13-21(26-15-19)23(30)27-18-12-17-8-4-5-9-20(17)25-14-18/h1-9,12,14,19,21-22,26,29H,10-11,13,15H2,(H,27,30)(H,28,31)/t19?,21-,22+/m0/s1. The third-order valence-electron chi connectivity index (χ3n) is 5.50. The Kier molecular flexibility index (Phi) is 6.54. The highest BCUT2D eigenvalue weighted by molar-refractivity contribution is 5.96. The first kappa shape index (κ1) is 21.0. The molecule has 160 valence electrons. The van der Waals surface area contributed by atoms with Crippen molar-refractivity contribution >= 4 is 28.4 Å². The van der Waals surface area contributed by atoms with Gasteiger partial charge in [-0.05, 0) is 37.0 Å². The van der Waals surface area contributed by atoms with Gasteiger partial charge in [0.25, 0.3) is 0 Å². The van der Waals surface area contributed by atoms with Crippen molar-refractivity contribution in [3.8, 4) is 0 Å². The zero-order valence-corrected chi connectivity index (χ0v) is 17.1. The average molecular weight is 418 g/mol. The molecule has 4 N–H and O–H groups in total. The van der Waals surface area contributed by atoms with Crippen LogP contribution in [0.3, 0.4) is 0 Å². The summed E-state index contributed by atoms with van der Waals surface area (Å²) in [6.07, 6.45) is 2.01. The Labute approximate surface area is 180 Å². The average Bonchev–Trinajstić information content (AvgIpc) is 3.26. The Morgan fingerprint density at radius 2 is 1.90 bits per heavy atom. The van der Waals surface area contributed by atoms with E-state index in [4.69, 9.17) is 0 Å². The lowest BCUT2D eigenvalue weighted by Gasteiger charge is -2.16. The molecule has 2 heterocycles. The maximum absolute atomic E-state index is 12.6. The second kappa shape index (κ2) is 9.68. The van der Waals surface area contributed by atoms with Gasteiger partial charge in [-0.15, -0.1) is 0 Å². The molecule has 2 amide bonds. The first-order chi connectivity index (χ1) is 15.1. The normalized spacial score (nSPS) is 19.1. The molecule has 2 aromatic carbocycles. The van der Waals surface area contributed by atoms with Crippen molar-refractivity contribution in [2.24, 2.45) is 0 Å². The molecule has 0 bridgehead atoms. The van der Waals surface area contributed by atoms with E-state index in [0.717, 1.165) is 16.5 Å². The van der Waals surface area contributed by atoms with Gasteiger partial charge >= 0.3 is 0 Å². The summed E-state index contributed by atoms with van der Waals surface area (Å²) in [5, 5.41) is 20.0. The van der Waals surface area contributed by atoms with E-state index >= 15 is 0 Å². The number of nitrogens with zero attached hydrogens (tertiary/aromatic N) is 1. The number of hydrogen-bond acceptors (Lipinski definition) is 5. The number of anilines is 1. The molecule has 1 aliphatic rings. The Hall–Kier alpha value is -3.29. The molecule has 3 atom stereocenters. The van der Waals surface area contributed by atoms with Crippen LogP contribution in [0.1, 0.15) is 18.4 Å². The van der Waals surface area contributed by atoms with Crippen molar-refractivity contribution in [2.75, 3.05) is 11.9 Å². The van der Waals surface area contributed by atoms with Crippen LogP contribution in [0, 0.1) is 0 Å². The zero-order valence-electron chi connectivity index (χ0n) is 17.1. The van der Waals surface area contributed by atoms with E-state index < -0.39 is 18.1 Å². The molecular formula is C24H26N4O3. The highest BCUT2D eigenvalue weighted by Gasteiger charge is 2.31. The van der Waals surface area contributed by atoms with Gasteiger partial charge in [0.15, 0.2) is 0 Å². The smallest absolute Gasteiger partial charge is 0.249 e. The van der Waals surface area contributed by atoms with Crippen LogP contribution in [-0.2, 0) is 16.0 Å². The number of amides is 2. The molecule has 1 aromatic heterocycles. The molecule has 31 heavy (non-hydrogen) atoms. The van der Waals surface area contributed by atoms with Crippen LogP contribution in [0.4, 0.5) is 5.69 Å². The van der Waals surface area contributed by atoms with Crippen molar-refractivity contribution in [1.29, 1.82) is 0 Å². The number of carbonyl (C=O) groups is 2. The first-order valence-electron chi connectivity index (χ1n) is 10.5. The van der Waals surface area contributed by atoms with Crippen LogP contribution >= 0.6 is 0 Å². The molecule has 7 heteroatoms. The number of rotatable bonds is 7. The van der Waals surface area contributed by atoms with E-state index in [9.17, 15) is 14.7 Å². The molecule has 7 nitrogen and oxygen atoms in total. The van der Waals surface area contributed by atoms with E-state index in [-0.39, 0.29) is 11.9 Å². The van der Waals surface area contributed by atoms with E-state index in [0.29, 0.717) is 31.5 Å². The minimum absolute atomic E-state index is 0.168. The number of aliphatic hydroxyl groups is 1. The maximum Gasteiger partial charge on any atom is 0.249 e. The summed E-state index contributed by atoms with van der Waals surface area (Å²) in [6.45, 7) is 0.477. The molecule has 0 aliphatic carbocycles. The fourth-order valence-corrected chi connectivity index (χ4v) is 3.79. The van der Waals surface area contributed by atoms with Crippen LogP contribution in [-0.4, -0.2) is 46.6 Å². The van der Waals surface area contributed by atoms with Crippen molar-refractivity contribution < 1.29 is 14.7 Å². The lowest BCUT2D eigenvalue weighted by molar-refractivity contribution is -0.130. The van der Waals surface area contributed by atoms with Crippen molar-refractivity contribution in [2.45, 2.75) is 37.5 Å². The number of fused-ring (bicyclic) bond motifs is 1. The molecule has 0 radical (unpaired) electrons. The molecule has 1 aliphatic heterocycles. The summed E-state index contributed by atoms with van der Waals surface area (Å²) < 4.78 is 0. The highest BCUT2D eigenvalue weighted by Crippen LogP contribution is 2.17. The monoisotopic (exact) mass is 418 g/mol. The van der Waals surface area contributed by atoms with Gasteiger partial charge in [0.1, 0.15) is 6.10 Å². The Bertz CT molecular complexity index is 1060. The van der Waals surface area contributed by atoms with Gasteiger partial charge in [-0.1, -0.05) is 48.5 Å². The van der Waals surface area contributed by atoms with Gasteiger partial charge < -0.3 is 21.1 Å². The van der Waals surface area contributed by atoms with Crippen LogP contribution < -0.4 is 16.0 Å². The number of nitrogens with one attached hydrogen (secondary N) is 3. The van der Waals surface area contributed by atoms with Crippen molar-refractivity contribution in [3.63, 3.8) is 0 Å². The molecule has 1 unspecified atom stereocenters. The number of pyridine rings is 1. The van der Waals surface area contributed by atoms with E-state index in [1.54, 1.807) is 6.20 Å². The summed E-state index contributed by atoms with van der Waals surface area (Å²) in [7, 11) is 0. The van der Waals surface area contributed by atoms with Crippen molar-refractivity contribution in [3.05, 3.63) is 72.4 Å². The quantitative estimate of drug-likeness (QED) is 0.470. The van der Waals surface area contributed by atoms with Crippen molar-refractivity contribution in [1.82, 2.24) is 15.6 Å². The molecule has 0 saturated carbocycles. The second-order valence-electron chi connectivity index (χ2n) is 7.85. The van der Waals surface area contributed by atoms with Gasteiger partial charge in [-0.2, -0.15) is 0 Å². The number of aliphatic hydroxyl groups excluding tert-OH is 1. The molecule has 1 saturated heterocycles. The number of carbonyl (C=O) groups excluding carboxylic acids is 2. The van der Waals surface area contributed by atoms with Gasteiger partial charge in [0, 0.05) is 18.0 Å². The van der Waals surface area contributed by atoms with E-state index in [1.807, 2.05) is 60.7 Å². The molecule has 1 fully saturated rings. The van der Waals surface area contributed by atoms with Gasteiger partial charge in [0.2, 0.25) is 11.8 Å².